The normalized spacial score (nSPS) is 11.9. The highest BCUT2D eigenvalue weighted by atomic mass is 16.5. The number of aromatic nitrogens is 1. The van der Waals surface area contributed by atoms with Gasteiger partial charge < -0.3 is 10.1 Å². The van der Waals surface area contributed by atoms with Gasteiger partial charge in [0.05, 0.1) is 6.61 Å². The van der Waals surface area contributed by atoms with Crippen LogP contribution in [-0.4, -0.2) is 23.6 Å². The summed E-state index contributed by atoms with van der Waals surface area (Å²) in [4.78, 5) is 16.1. The molecule has 20 heavy (non-hydrogen) atoms. The summed E-state index contributed by atoms with van der Waals surface area (Å²) >= 11 is 0. The number of hydrogen-bond donors (Lipinski definition) is 1. The average Bonchev–Trinajstić information content (AvgIpc) is 2.44. The molecule has 0 bridgehead atoms. The Morgan fingerprint density at radius 3 is 2.85 bits per heavy atom. The Morgan fingerprint density at radius 1 is 1.35 bits per heavy atom. The highest BCUT2D eigenvalue weighted by molar-refractivity contribution is 5.94. The summed E-state index contributed by atoms with van der Waals surface area (Å²) < 4.78 is 5.04. The van der Waals surface area contributed by atoms with E-state index in [9.17, 15) is 4.79 Å². The fourth-order valence-corrected chi connectivity index (χ4v) is 2.08. The number of hydrogen-bond acceptors (Lipinski definition) is 4. The maximum absolute atomic E-state index is 11.8. The van der Waals surface area contributed by atoms with E-state index in [1.54, 1.807) is 25.3 Å². The van der Waals surface area contributed by atoms with Crippen molar-refractivity contribution in [1.82, 2.24) is 4.98 Å². The van der Waals surface area contributed by atoms with E-state index in [2.05, 4.69) is 24.1 Å². The van der Waals surface area contributed by atoms with Crippen LogP contribution in [0.5, 0.6) is 0 Å². The van der Waals surface area contributed by atoms with Gasteiger partial charge in [-0.05, 0) is 32.4 Å². The van der Waals surface area contributed by atoms with Gasteiger partial charge in [0.1, 0.15) is 11.4 Å². The van der Waals surface area contributed by atoms with Crippen molar-refractivity contribution in [2.75, 3.05) is 11.9 Å². The van der Waals surface area contributed by atoms with Crippen LogP contribution in [0.2, 0.25) is 0 Å². The third-order valence-electron chi connectivity index (χ3n) is 3.18. The van der Waals surface area contributed by atoms with Gasteiger partial charge in [-0.1, -0.05) is 32.6 Å². The Bertz CT molecular complexity index is 407. The molecule has 1 N–H and O–H groups in total. The van der Waals surface area contributed by atoms with Gasteiger partial charge in [0, 0.05) is 12.2 Å². The van der Waals surface area contributed by atoms with E-state index in [4.69, 9.17) is 4.74 Å². The van der Waals surface area contributed by atoms with E-state index in [0.29, 0.717) is 24.0 Å². The summed E-state index contributed by atoms with van der Waals surface area (Å²) in [6, 6.07) is 3.80. The summed E-state index contributed by atoms with van der Waals surface area (Å²) in [6.45, 7) is 6.51. The second-order valence-electron chi connectivity index (χ2n) is 5.01. The lowest BCUT2D eigenvalue weighted by Gasteiger charge is -2.16. The van der Waals surface area contributed by atoms with Gasteiger partial charge in [-0.3, -0.25) is 0 Å². The maximum Gasteiger partial charge on any atom is 0.341 e. The molecule has 0 saturated carbocycles. The maximum atomic E-state index is 11.8. The van der Waals surface area contributed by atoms with Crippen LogP contribution in [0.3, 0.4) is 0 Å². The molecule has 4 nitrogen and oxygen atoms in total. The topological polar surface area (TPSA) is 51.2 Å². The van der Waals surface area contributed by atoms with Crippen LogP contribution in [0, 0.1) is 0 Å². The zero-order chi connectivity index (χ0) is 14.8. The molecule has 0 saturated heterocycles. The summed E-state index contributed by atoms with van der Waals surface area (Å²) in [7, 11) is 0. The zero-order valence-corrected chi connectivity index (χ0v) is 12.8. The van der Waals surface area contributed by atoms with Crippen molar-refractivity contribution in [3.05, 3.63) is 23.9 Å². The van der Waals surface area contributed by atoms with Crippen LogP contribution >= 0.6 is 0 Å². The molecule has 1 rings (SSSR count). The van der Waals surface area contributed by atoms with E-state index in [1.165, 1.54) is 25.7 Å². The van der Waals surface area contributed by atoms with E-state index in [1.807, 2.05) is 0 Å². The second-order valence-corrected chi connectivity index (χ2v) is 5.01. The van der Waals surface area contributed by atoms with Gasteiger partial charge in [0.15, 0.2) is 0 Å². The van der Waals surface area contributed by atoms with Gasteiger partial charge in [-0.2, -0.15) is 0 Å². The smallest absolute Gasteiger partial charge is 0.341 e. The van der Waals surface area contributed by atoms with Crippen LogP contribution < -0.4 is 5.32 Å². The molecule has 0 aliphatic carbocycles. The van der Waals surface area contributed by atoms with E-state index < -0.39 is 0 Å². The van der Waals surface area contributed by atoms with Gasteiger partial charge in [0.25, 0.3) is 0 Å². The molecule has 0 aromatic carbocycles. The van der Waals surface area contributed by atoms with Crippen LogP contribution in [0.4, 0.5) is 5.82 Å². The quantitative estimate of drug-likeness (QED) is 0.547. The molecule has 1 aromatic rings. The molecular formula is C16H26N2O2. The van der Waals surface area contributed by atoms with Crippen LogP contribution in [0.25, 0.3) is 0 Å². The van der Waals surface area contributed by atoms with Crippen LogP contribution in [0.1, 0.15) is 63.2 Å². The number of unbranched alkanes of at least 4 members (excludes halogenated alkanes) is 3. The molecule has 4 heteroatoms. The number of nitrogens with one attached hydrogen (secondary N) is 1. The third-order valence-corrected chi connectivity index (χ3v) is 3.18. The number of anilines is 1. The lowest BCUT2D eigenvalue weighted by molar-refractivity contribution is 0.0527. The fourth-order valence-electron chi connectivity index (χ4n) is 2.08. The van der Waals surface area contributed by atoms with Crippen LogP contribution in [0.15, 0.2) is 18.3 Å². The Hall–Kier alpha value is -1.58. The summed E-state index contributed by atoms with van der Waals surface area (Å²) in [5, 5.41) is 3.31. The lowest BCUT2D eigenvalue weighted by atomic mass is 10.1. The first-order valence-corrected chi connectivity index (χ1v) is 7.57. The Labute approximate surface area is 121 Å². The highest BCUT2D eigenvalue weighted by Crippen LogP contribution is 2.16. The minimum Gasteiger partial charge on any atom is -0.462 e. The fraction of sp³-hybridized carbons (Fsp3) is 0.625. The SMILES string of the molecule is CCCCCCC(C)Nc1ncccc1C(=O)OCC. The number of carbonyl (C=O) groups excluding carboxylic acids is 1. The predicted molar refractivity (Wildman–Crippen MR) is 82.0 cm³/mol. The monoisotopic (exact) mass is 278 g/mol. The highest BCUT2D eigenvalue weighted by Gasteiger charge is 2.14. The van der Waals surface area contributed by atoms with Crippen molar-refractivity contribution in [2.24, 2.45) is 0 Å². The number of carbonyl (C=O) groups is 1. The van der Waals surface area contributed by atoms with E-state index in [-0.39, 0.29) is 5.97 Å². The molecule has 1 unspecified atom stereocenters. The average molecular weight is 278 g/mol. The molecule has 112 valence electrons. The van der Waals surface area contributed by atoms with Crippen molar-refractivity contribution in [3.63, 3.8) is 0 Å². The summed E-state index contributed by atoms with van der Waals surface area (Å²) in [5.74, 6) is 0.301. The van der Waals surface area contributed by atoms with Crippen molar-refractivity contribution >= 4 is 11.8 Å². The Balaban J connectivity index is 2.56. The first-order chi connectivity index (χ1) is 9.69. The Morgan fingerprint density at radius 2 is 2.15 bits per heavy atom. The third kappa shape index (κ3) is 5.59. The molecule has 0 radical (unpaired) electrons. The van der Waals surface area contributed by atoms with Gasteiger partial charge in [0.2, 0.25) is 0 Å². The van der Waals surface area contributed by atoms with Gasteiger partial charge >= 0.3 is 5.97 Å². The largest absolute Gasteiger partial charge is 0.462 e. The van der Waals surface area contributed by atoms with E-state index in [0.717, 1.165) is 6.42 Å². The molecular weight excluding hydrogens is 252 g/mol. The predicted octanol–water partition coefficient (Wildman–Crippen LogP) is 4.03. The summed E-state index contributed by atoms with van der Waals surface area (Å²) in [5.41, 5.74) is 0.509. The first kappa shape index (κ1) is 16.5. The van der Waals surface area contributed by atoms with Gasteiger partial charge in [-0.25, -0.2) is 9.78 Å². The van der Waals surface area contributed by atoms with E-state index >= 15 is 0 Å². The summed E-state index contributed by atoms with van der Waals surface area (Å²) in [6.07, 6.45) is 7.76. The van der Waals surface area contributed by atoms with Crippen molar-refractivity contribution in [2.45, 2.75) is 58.9 Å². The second kappa shape index (κ2) is 9.34. The number of rotatable bonds is 9. The molecule has 0 aliphatic rings. The molecule has 1 heterocycles. The van der Waals surface area contributed by atoms with Crippen molar-refractivity contribution in [1.29, 1.82) is 0 Å². The first-order valence-electron chi connectivity index (χ1n) is 7.57. The molecule has 0 amide bonds. The number of esters is 1. The lowest BCUT2D eigenvalue weighted by Crippen LogP contribution is -2.19. The van der Waals surface area contributed by atoms with Crippen molar-refractivity contribution in [3.8, 4) is 0 Å². The van der Waals surface area contributed by atoms with Crippen molar-refractivity contribution < 1.29 is 9.53 Å². The Kier molecular flexibility index (Phi) is 7.70. The minimum atomic E-state index is -0.318. The minimum absolute atomic E-state index is 0.301. The van der Waals surface area contributed by atoms with Gasteiger partial charge in [-0.15, -0.1) is 0 Å². The molecule has 0 fully saturated rings. The number of ether oxygens (including phenoxy) is 1. The number of nitrogens with zero attached hydrogens (tertiary/aromatic N) is 1. The molecule has 0 aliphatic heterocycles. The molecule has 1 atom stereocenters. The number of pyridine rings is 1. The molecule has 0 spiro atoms. The molecule has 1 aromatic heterocycles. The van der Waals surface area contributed by atoms with Crippen LogP contribution in [-0.2, 0) is 4.74 Å². The zero-order valence-electron chi connectivity index (χ0n) is 12.8. The standard InChI is InChI=1S/C16H26N2O2/c1-4-6-7-8-10-13(3)18-15-14(11-9-12-17-15)16(19)20-5-2/h9,11-13H,4-8,10H2,1-3H3,(H,17,18).